The summed E-state index contributed by atoms with van der Waals surface area (Å²) in [6, 6.07) is 0. The molecule has 1 unspecified atom stereocenters. The van der Waals surface area contributed by atoms with Gasteiger partial charge in [-0.2, -0.15) is 5.10 Å². The molecule has 0 spiro atoms. The molecule has 0 aromatic carbocycles. The molecule has 0 bridgehead atoms. The predicted octanol–water partition coefficient (Wildman–Crippen LogP) is 2.01. The van der Waals surface area contributed by atoms with Crippen LogP contribution in [0.15, 0.2) is 6.20 Å². The maximum absolute atomic E-state index is 12.1. The van der Waals surface area contributed by atoms with E-state index in [0.717, 1.165) is 19.4 Å². The molecular weight excluding hydrogens is 266 g/mol. The maximum atomic E-state index is 12.1. The van der Waals surface area contributed by atoms with Gasteiger partial charge in [0, 0.05) is 20.2 Å². The Labute approximate surface area is 118 Å². The summed E-state index contributed by atoms with van der Waals surface area (Å²) >= 11 is 5.94. The molecule has 1 aromatic heterocycles. The third kappa shape index (κ3) is 3.48. The van der Waals surface area contributed by atoms with E-state index in [1.54, 1.807) is 7.05 Å². The smallest absolute Gasteiger partial charge is 0.271 e. The van der Waals surface area contributed by atoms with Crippen LogP contribution in [-0.4, -0.2) is 34.4 Å². The molecule has 1 amide bonds. The summed E-state index contributed by atoms with van der Waals surface area (Å²) in [5.41, 5.74) is 0.311. The number of hydrogen-bond acceptors (Lipinski definition) is 3. The van der Waals surface area contributed by atoms with E-state index < -0.39 is 0 Å². The molecule has 2 rings (SSSR count). The minimum absolute atomic E-state index is 0.0994. The number of carbonyl (C=O) groups excluding carboxylic acids is 1. The molecule has 19 heavy (non-hydrogen) atoms. The number of aryl methyl sites for hydroxylation is 1. The molecule has 1 aliphatic heterocycles. The molecule has 1 N–H and O–H groups in total. The van der Waals surface area contributed by atoms with Gasteiger partial charge in [0.1, 0.15) is 5.69 Å². The Morgan fingerprint density at radius 3 is 3.00 bits per heavy atom. The topological polar surface area (TPSA) is 56.2 Å². The number of carbonyl (C=O) groups is 1. The summed E-state index contributed by atoms with van der Waals surface area (Å²) in [6.45, 7) is 5.56. The molecule has 1 aromatic rings. The van der Waals surface area contributed by atoms with Crippen molar-refractivity contribution in [1.29, 1.82) is 0 Å². The second-order valence-corrected chi connectivity index (χ2v) is 6.05. The van der Waals surface area contributed by atoms with Gasteiger partial charge in [-0.3, -0.25) is 9.48 Å². The van der Waals surface area contributed by atoms with Gasteiger partial charge in [-0.15, -0.1) is 0 Å². The van der Waals surface area contributed by atoms with Crippen LogP contribution in [0.3, 0.4) is 0 Å². The second kappa shape index (κ2) is 5.51. The van der Waals surface area contributed by atoms with E-state index in [-0.39, 0.29) is 11.5 Å². The summed E-state index contributed by atoms with van der Waals surface area (Å²) in [6.07, 6.45) is 3.41. The van der Waals surface area contributed by atoms with Crippen LogP contribution in [0.4, 0.5) is 0 Å². The van der Waals surface area contributed by atoms with Crippen molar-refractivity contribution in [2.45, 2.75) is 32.3 Å². The van der Waals surface area contributed by atoms with Crippen molar-refractivity contribution in [3.63, 3.8) is 0 Å². The normalized spacial score (nSPS) is 22.2. The van der Waals surface area contributed by atoms with Crippen LogP contribution < -0.4 is 5.32 Å². The molecule has 0 radical (unpaired) electrons. The highest BCUT2D eigenvalue weighted by atomic mass is 35.5. The Hall–Kier alpha value is -1.07. The highest BCUT2D eigenvalue weighted by Gasteiger charge is 2.29. The van der Waals surface area contributed by atoms with Crippen LogP contribution in [0.5, 0.6) is 0 Å². The molecule has 0 aliphatic carbocycles. The van der Waals surface area contributed by atoms with Crippen LogP contribution >= 0.6 is 11.6 Å². The third-order valence-electron chi connectivity index (χ3n) is 3.46. The van der Waals surface area contributed by atoms with Crippen molar-refractivity contribution in [2.75, 3.05) is 13.2 Å². The number of halogens is 1. The average Bonchev–Trinajstić information content (AvgIpc) is 2.65. The molecule has 5 nitrogen and oxygen atoms in total. The van der Waals surface area contributed by atoms with Crippen LogP contribution in [-0.2, 0) is 11.8 Å². The van der Waals surface area contributed by atoms with Gasteiger partial charge in [0.25, 0.3) is 5.91 Å². The molecule has 0 saturated carbocycles. The molecular formula is C13H20ClN3O2. The van der Waals surface area contributed by atoms with E-state index in [2.05, 4.69) is 24.3 Å². The first-order chi connectivity index (χ1) is 8.89. The minimum Gasteiger partial charge on any atom is -0.376 e. The number of amides is 1. The zero-order valence-electron chi connectivity index (χ0n) is 11.6. The van der Waals surface area contributed by atoms with E-state index in [1.165, 1.54) is 10.9 Å². The highest BCUT2D eigenvalue weighted by molar-refractivity contribution is 6.33. The summed E-state index contributed by atoms with van der Waals surface area (Å²) in [5, 5.41) is 7.28. The first-order valence-electron chi connectivity index (χ1n) is 6.49. The van der Waals surface area contributed by atoms with Gasteiger partial charge in [0.2, 0.25) is 0 Å². The number of aromatic nitrogens is 2. The Morgan fingerprint density at radius 1 is 1.68 bits per heavy atom. The number of nitrogens with one attached hydrogen (secondary N) is 1. The maximum Gasteiger partial charge on any atom is 0.271 e. The van der Waals surface area contributed by atoms with Gasteiger partial charge in [-0.1, -0.05) is 11.6 Å². The summed E-state index contributed by atoms with van der Waals surface area (Å²) in [7, 11) is 1.71. The lowest BCUT2D eigenvalue weighted by atomic mass is 9.88. The van der Waals surface area contributed by atoms with Crippen molar-refractivity contribution >= 4 is 17.5 Å². The van der Waals surface area contributed by atoms with Gasteiger partial charge in [-0.05, 0) is 32.6 Å². The van der Waals surface area contributed by atoms with Crippen LogP contribution in [0, 0.1) is 5.92 Å². The molecule has 1 atom stereocenters. The molecule has 6 heteroatoms. The summed E-state index contributed by atoms with van der Waals surface area (Å²) in [5.74, 6) is 0.272. The van der Waals surface area contributed by atoms with Crippen molar-refractivity contribution in [3.05, 3.63) is 16.9 Å². The average molecular weight is 286 g/mol. The Balaban J connectivity index is 1.91. The van der Waals surface area contributed by atoms with Crippen LogP contribution in [0.2, 0.25) is 5.02 Å². The molecule has 2 heterocycles. The lowest BCUT2D eigenvalue weighted by Crippen LogP contribution is -2.39. The second-order valence-electron chi connectivity index (χ2n) is 5.64. The number of hydrogen-bond donors (Lipinski definition) is 1. The molecule has 1 saturated heterocycles. The van der Waals surface area contributed by atoms with E-state index in [9.17, 15) is 4.79 Å². The zero-order chi connectivity index (χ0) is 14.0. The predicted molar refractivity (Wildman–Crippen MR) is 73.3 cm³/mol. The fraction of sp³-hybridized carbons (Fsp3) is 0.692. The minimum atomic E-state index is -0.172. The van der Waals surface area contributed by atoms with E-state index in [0.29, 0.717) is 23.2 Å². The van der Waals surface area contributed by atoms with Gasteiger partial charge < -0.3 is 10.1 Å². The summed E-state index contributed by atoms with van der Waals surface area (Å²) < 4.78 is 7.16. The van der Waals surface area contributed by atoms with Gasteiger partial charge in [0.15, 0.2) is 0 Å². The number of nitrogens with zero attached hydrogens (tertiary/aromatic N) is 2. The van der Waals surface area contributed by atoms with Gasteiger partial charge in [-0.25, -0.2) is 0 Å². The third-order valence-corrected chi connectivity index (χ3v) is 3.74. The molecule has 1 fully saturated rings. The number of ether oxygens (including phenoxy) is 1. The lowest BCUT2D eigenvalue weighted by molar-refractivity contribution is -0.0715. The Morgan fingerprint density at radius 2 is 2.42 bits per heavy atom. The SMILES string of the molecule is Cn1ncc(Cl)c1C(=O)NCC1CCOC(C)(C)C1. The first-order valence-corrected chi connectivity index (χ1v) is 6.86. The van der Waals surface area contributed by atoms with E-state index >= 15 is 0 Å². The van der Waals surface area contributed by atoms with Crippen LogP contribution in [0.1, 0.15) is 37.2 Å². The fourth-order valence-corrected chi connectivity index (χ4v) is 2.77. The number of rotatable bonds is 3. The Kier molecular flexibility index (Phi) is 4.16. The van der Waals surface area contributed by atoms with E-state index in [1.807, 2.05) is 0 Å². The van der Waals surface area contributed by atoms with Crippen molar-refractivity contribution in [3.8, 4) is 0 Å². The standard InChI is InChI=1S/C13H20ClN3O2/c1-13(2)6-9(4-5-19-13)7-15-12(18)11-10(14)8-16-17(11)3/h8-9H,4-7H2,1-3H3,(H,15,18). The first kappa shape index (κ1) is 14.3. The lowest BCUT2D eigenvalue weighted by Gasteiger charge is -2.35. The summed E-state index contributed by atoms with van der Waals surface area (Å²) in [4.78, 5) is 12.1. The largest absolute Gasteiger partial charge is 0.376 e. The van der Waals surface area contributed by atoms with E-state index in [4.69, 9.17) is 16.3 Å². The van der Waals surface area contributed by atoms with Crippen molar-refractivity contribution in [2.24, 2.45) is 13.0 Å². The van der Waals surface area contributed by atoms with Crippen molar-refractivity contribution < 1.29 is 9.53 Å². The van der Waals surface area contributed by atoms with Crippen molar-refractivity contribution in [1.82, 2.24) is 15.1 Å². The van der Waals surface area contributed by atoms with Gasteiger partial charge in [0.05, 0.1) is 16.8 Å². The monoisotopic (exact) mass is 285 g/mol. The fourth-order valence-electron chi connectivity index (χ4n) is 2.52. The quantitative estimate of drug-likeness (QED) is 0.924. The molecule has 106 valence electrons. The highest BCUT2D eigenvalue weighted by Crippen LogP contribution is 2.28. The molecule has 1 aliphatic rings. The Bertz CT molecular complexity index is 451. The zero-order valence-corrected chi connectivity index (χ0v) is 12.3. The van der Waals surface area contributed by atoms with Crippen LogP contribution in [0.25, 0.3) is 0 Å². The van der Waals surface area contributed by atoms with Gasteiger partial charge >= 0.3 is 0 Å².